The number of carbonyl (C=O) groups is 1. The van der Waals surface area contributed by atoms with Crippen molar-refractivity contribution in [3.05, 3.63) is 58.5 Å². The highest BCUT2D eigenvalue weighted by Crippen LogP contribution is 2.37. The molecule has 0 bridgehead atoms. The lowest BCUT2D eigenvalue weighted by Crippen LogP contribution is -2.33. The molecule has 0 unspecified atom stereocenters. The number of halogens is 4. The lowest BCUT2D eigenvalue weighted by molar-refractivity contribution is -0.0498. The molecule has 1 aliphatic heterocycles. The van der Waals surface area contributed by atoms with E-state index in [0.717, 1.165) is 9.13 Å². The number of nitrogens with zero attached hydrogens (tertiary/aromatic N) is 2. The number of sulfone groups is 1. The number of imidazole rings is 1. The van der Waals surface area contributed by atoms with Crippen LogP contribution >= 0.6 is 0 Å². The van der Waals surface area contributed by atoms with Gasteiger partial charge in [-0.05, 0) is 48.6 Å². The third kappa shape index (κ3) is 6.06. The van der Waals surface area contributed by atoms with Gasteiger partial charge in [0, 0.05) is 25.0 Å². The van der Waals surface area contributed by atoms with Gasteiger partial charge in [-0.15, -0.1) is 0 Å². The van der Waals surface area contributed by atoms with Crippen molar-refractivity contribution in [1.82, 2.24) is 9.13 Å². The van der Waals surface area contributed by atoms with Gasteiger partial charge in [-0.25, -0.2) is 22.0 Å². The van der Waals surface area contributed by atoms with Crippen LogP contribution in [0.2, 0.25) is 0 Å². The summed E-state index contributed by atoms with van der Waals surface area (Å²) in [5, 5.41) is 0. The van der Waals surface area contributed by atoms with Crippen LogP contribution in [0.5, 0.6) is 5.75 Å². The van der Waals surface area contributed by atoms with E-state index in [1.807, 2.05) is 6.92 Å². The Hall–Kier alpha value is -3.15. The van der Waals surface area contributed by atoms with Gasteiger partial charge < -0.3 is 4.74 Å². The van der Waals surface area contributed by atoms with Gasteiger partial charge in [0.2, 0.25) is 0 Å². The Balaban J connectivity index is 1.77. The highest BCUT2D eigenvalue weighted by Gasteiger charge is 2.35. The minimum atomic E-state index is -3.26. The van der Waals surface area contributed by atoms with E-state index in [0.29, 0.717) is 19.8 Å². The van der Waals surface area contributed by atoms with Gasteiger partial charge in [0.05, 0.1) is 34.8 Å². The molecule has 1 saturated heterocycles. The molecule has 3 aromatic rings. The first-order valence-electron chi connectivity index (χ1n) is 11.6. The Morgan fingerprint density at radius 3 is 2.41 bits per heavy atom. The number of Topliss-reactive ketones (excluding diaryl/α,β-unsaturated/α-hetero) is 1. The molecule has 37 heavy (non-hydrogen) atoms. The maximum absolute atomic E-state index is 14.0. The van der Waals surface area contributed by atoms with Crippen LogP contribution in [0.4, 0.5) is 17.6 Å². The molecular weight excluding hydrogens is 516 g/mol. The zero-order valence-electron chi connectivity index (χ0n) is 20.2. The molecule has 0 N–H and O–H groups in total. The fourth-order valence-electron chi connectivity index (χ4n) is 4.61. The molecule has 0 saturated carbocycles. The second kappa shape index (κ2) is 9.62. The summed E-state index contributed by atoms with van der Waals surface area (Å²) in [6.45, 7) is -1.55. The van der Waals surface area contributed by atoms with Crippen molar-refractivity contribution in [2.24, 2.45) is 5.41 Å². The van der Waals surface area contributed by atoms with E-state index in [-0.39, 0.29) is 51.7 Å². The summed E-state index contributed by atoms with van der Waals surface area (Å²) >= 11 is 0. The van der Waals surface area contributed by atoms with Gasteiger partial charge in [0.15, 0.2) is 5.78 Å². The molecule has 0 aliphatic carbocycles. The van der Waals surface area contributed by atoms with Crippen LogP contribution in [-0.2, 0) is 16.4 Å². The molecule has 12 heteroatoms. The predicted molar refractivity (Wildman–Crippen MR) is 130 cm³/mol. The third-order valence-corrected chi connectivity index (χ3v) is 8.26. The number of aromatic nitrogens is 2. The number of hydrogen-bond acceptors (Lipinski definition) is 5. The Bertz CT molecular complexity index is 1490. The fourth-order valence-corrected chi connectivity index (χ4v) is 6.42. The molecule has 0 amide bonds. The minimum absolute atomic E-state index is 0.00186. The van der Waals surface area contributed by atoms with Crippen molar-refractivity contribution < 1.29 is 35.5 Å². The van der Waals surface area contributed by atoms with Crippen molar-refractivity contribution in [3.8, 4) is 11.4 Å². The molecule has 2 heterocycles. The van der Waals surface area contributed by atoms with Gasteiger partial charge in [0.25, 0.3) is 5.92 Å². The normalized spacial score (nSPS) is 17.3. The molecule has 1 fully saturated rings. The van der Waals surface area contributed by atoms with E-state index in [2.05, 4.69) is 4.74 Å². The van der Waals surface area contributed by atoms with Crippen molar-refractivity contribution in [2.45, 2.75) is 52.2 Å². The van der Waals surface area contributed by atoms with Crippen molar-refractivity contribution in [3.63, 3.8) is 0 Å². The van der Waals surface area contributed by atoms with Crippen LogP contribution < -0.4 is 10.4 Å². The molecular formula is C25H26F4N2O5S. The van der Waals surface area contributed by atoms with Gasteiger partial charge in [-0.3, -0.25) is 13.9 Å². The third-order valence-electron chi connectivity index (χ3n) is 6.61. The molecule has 0 atom stereocenters. The summed E-state index contributed by atoms with van der Waals surface area (Å²) in [6.07, 6.45) is 0.739. The summed E-state index contributed by atoms with van der Waals surface area (Å²) in [6, 6.07) is 9.58. The number of alkyl halides is 4. The summed E-state index contributed by atoms with van der Waals surface area (Å²) in [5.74, 6) is -3.78. The standard InChI is InChI=1S/C25H26F4N2O5S/c1-24(8-10-37(34,35)11-9-24)14-21(32)16-6-7-19-20(12-16)30(15-25(2,28)29)23(33)31(19)17-4-3-5-18(13-17)36-22(26)27/h3-7,12-13,22H,8-11,14-15H2,1-2H3. The molecule has 4 rings (SSSR count). The second-order valence-corrected chi connectivity index (χ2v) is 12.2. The number of rotatable bonds is 8. The van der Waals surface area contributed by atoms with Gasteiger partial charge in [-0.2, -0.15) is 8.78 Å². The van der Waals surface area contributed by atoms with Gasteiger partial charge >= 0.3 is 12.3 Å². The molecule has 200 valence electrons. The number of carbonyl (C=O) groups excluding carboxylic acids is 1. The number of ketones is 1. The topological polar surface area (TPSA) is 87.4 Å². The largest absolute Gasteiger partial charge is 0.435 e. The molecule has 1 aliphatic rings. The summed E-state index contributed by atoms with van der Waals surface area (Å²) in [5.41, 5.74) is -0.753. The number of ether oxygens (including phenoxy) is 1. The Morgan fingerprint density at radius 2 is 1.78 bits per heavy atom. The second-order valence-electron chi connectivity index (χ2n) is 9.92. The van der Waals surface area contributed by atoms with Crippen molar-refractivity contribution in [2.75, 3.05) is 11.5 Å². The average molecular weight is 543 g/mol. The zero-order valence-corrected chi connectivity index (χ0v) is 21.0. The molecule has 7 nitrogen and oxygen atoms in total. The van der Waals surface area contributed by atoms with Crippen LogP contribution in [0.15, 0.2) is 47.3 Å². The van der Waals surface area contributed by atoms with E-state index in [4.69, 9.17) is 0 Å². The van der Waals surface area contributed by atoms with Gasteiger partial charge in [0.1, 0.15) is 15.6 Å². The zero-order chi connectivity index (χ0) is 27.2. The lowest BCUT2D eigenvalue weighted by Gasteiger charge is -2.32. The van der Waals surface area contributed by atoms with Crippen LogP contribution in [-0.4, -0.2) is 47.4 Å². The van der Waals surface area contributed by atoms with E-state index in [1.54, 1.807) is 0 Å². The quantitative estimate of drug-likeness (QED) is 0.301. The van der Waals surface area contributed by atoms with E-state index >= 15 is 0 Å². The molecule has 0 spiro atoms. The highest BCUT2D eigenvalue weighted by molar-refractivity contribution is 7.91. The SMILES string of the molecule is CC(F)(F)Cn1c(=O)n(-c2cccc(OC(F)F)c2)c2ccc(C(=O)CC3(C)CCS(=O)(=O)CC3)cc21. The number of hydrogen-bond donors (Lipinski definition) is 0. The van der Waals surface area contributed by atoms with E-state index < -0.39 is 40.0 Å². The Labute approximate surface area is 210 Å². The predicted octanol–water partition coefficient (Wildman–Crippen LogP) is 4.84. The maximum Gasteiger partial charge on any atom is 0.387 e. The van der Waals surface area contributed by atoms with Crippen LogP contribution in [0.25, 0.3) is 16.7 Å². The average Bonchev–Trinajstić information content (AvgIpc) is 3.05. The summed E-state index contributed by atoms with van der Waals surface area (Å²) < 4.78 is 83.4. The van der Waals surface area contributed by atoms with Crippen LogP contribution in [0.3, 0.4) is 0 Å². The van der Waals surface area contributed by atoms with Gasteiger partial charge in [-0.1, -0.05) is 13.0 Å². The smallest absolute Gasteiger partial charge is 0.387 e. The van der Waals surface area contributed by atoms with E-state index in [9.17, 15) is 35.6 Å². The summed E-state index contributed by atoms with van der Waals surface area (Å²) in [4.78, 5) is 26.4. The first-order valence-corrected chi connectivity index (χ1v) is 13.4. The molecule has 1 aromatic heterocycles. The molecule has 2 aromatic carbocycles. The number of fused-ring (bicyclic) bond motifs is 1. The Kier molecular flexibility index (Phi) is 7.00. The monoisotopic (exact) mass is 542 g/mol. The lowest BCUT2D eigenvalue weighted by atomic mass is 9.78. The fraction of sp³-hybridized carbons (Fsp3) is 0.440. The molecule has 0 radical (unpaired) electrons. The number of benzene rings is 2. The van der Waals surface area contributed by atoms with Crippen molar-refractivity contribution >= 4 is 26.7 Å². The van der Waals surface area contributed by atoms with Crippen LogP contribution in [0.1, 0.15) is 43.5 Å². The first-order chi connectivity index (χ1) is 17.2. The van der Waals surface area contributed by atoms with Crippen LogP contribution in [0, 0.1) is 5.41 Å². The summed E-state index contributed by atoms with van der Waals surface area (Å²) in [7, 11) is -3.12. The Morgan fingerprint density at radius 1 is 1.11 bits per heavy atom. The van der Waals surface area contributed by atoms with E-state index in [1.165, 1.54) is 42.5 Å². The minimum Gasteiger partial charge on any atom is -0.435 e. The maximum atomic E-state index is 14.0. The highest BCUT2D eigenvalue weighted by atomic mass is 32.2. The van der Waals surface area contributed by atoms with Crippen molar-refractivity contribution in [1.29, 1.82) is 0 Å². The first kappa shape index (κ1) is 26.9.